The molecule has 0 fully saturated rings. The standard InChI is InChI=1S/C19H18N2O4/c20-12-4-5-13-24-18(22)14-21-19(23)15-8-10-17(11-9-15)25-16-6-2-1-3-7-16/h1-3,6-11H,4-5,13-14H2,(H,21,23). The summed E-state index contributed by atoms with van der Waals surface area (Å²) in [7, 11) is 0. The van der Waals surface area contributed by atoms with Crippen molar-refractivity contribution in [3.63, 3.8) is 0 Å². The first-order chi connectivity index (χ1) is 12.2. The number of hydrogen-bond donors (Lipinski definition) is 1. The minimum absolute atomic E-state index is 0.174. The van der Waals surface area contributed by atoms with Crippen LogP contribution in [0.1, 0.15) is 23.2 Å². The topological polar surface area (TPSA) is 88.4 Å². The Morgan fingerprint density at radius 1 is 1.00 bits per heavy atom. The van der Waals surface area contributed by atoms with Gasteiger partial charge in [0.2, 0.25) is 0 Å². The van der Waals surface area contributed by atoms with Crippen LogP contribution in [0.25, 0.3) is 0 Å². The average molecular weight is 338 g/mol. The van der Waals surface area contributed by atoms with Gasteiger partial charge in [0.25, 0.3) is 5.91 Å². The smallest absolute Gasteiger partial charge is 0.325 e. The molecule has 0 aliphatic carbocycles. The third-order valence-electron chi connectivity index (χ3n) is 3.18. The van der Waals surface area contributed by atoms with Crippen LogP contribution in [-0.4, -0.2) is 25.0 Å². The summed E-state index contributed by atoms with van der Waals surface area (Å²) < 4.78 is 10.5. The third-order valence-corrected chi connectivity index (χ3v) is 3.18. The fraction of sp³-hybridized carbons (Fsp3) is 0.211. The number of unbranched alkanes of at least 4 members (excludes halogenated alkanes) is 1. The lowest BCUT2D eigenvalue weighted by Gasteiger charge is -2.08. The van der Waals surface area contributed by atoms with Gasteiger partial charge in [0.05, 0.1) is 12.7 Å². The van der Waals surface area contributed by atoms with Crippen molar-refractivity contribution in [3.8, 4) is 17.6 Å². The van der Waals surface area contributed by atoms with Crippen LogP contribution in [0, 0.1) is 11.3 Å². The lowest BCUT2D eigenvalue weighted by atomic mass is 10.2. The second-order valence-electron chi connectivity index (χ2n) is 5.10. The molecule has 0 atom stereocenters. The van der Waals surface area contributed by atoms with E-state index in [1.807, 2.05) is 36.4 Å². The van der Waals surface area contributed by atoms with E-state index in [2.05, 4.69) is 5.32 Å². The number of nitrogens with zero attached hydrogens (tertiary/aromatic N) is 1. The first-order valence-corrected chi connectivity index (χ1v) is 7.83. The van der Waals surface area contributed by atoms with E-state index in [4.69, 9.17) is 14.7 Å². The highest BCUT2D eigenvalue weighted by Gasteiger charge is 2.09. The number of carbonyl (C=O) groups excluding carboxylic acids is 2. The largest absolute Gasteiger partial charge is 0.464 e. The van der Waals surface area contributed by atoms with Crippen molar-refractivity contribution in [1.29, 1.82) is 5.26 Å². The van der Waals surface area contributed by atoms with E-state index in [1.54, 1.807) is 24.3 Å². The molecule has 0 aliphatic heterocycles. The summed E-state index contributed by atoms with van der Waals surface area (Å²) in [6.45, 7) is -0.0402. The first-order valence-electron chi connectivity index (χ1n) is 7.83. The van der Waals surface area contributed by atoms with Crippen LogP contribution < -0.4 is 10.1 Å². The maximum absolute atomic E-state index is 12.0. The second kappa shape index (κ2) is 9.73. The van der Waals surface area contributed by atoms with E-state index in [0.29, 0.717) is 29.9 Å². The minimum atomic E-state index is -0.532. The van der Waals surface area contributed by atoms with Crippen molar-refractivity contribution in [1.82, 2.24) is 5.32 Å². The van der Waals surface area contributed by atoms with Gasteiger partial charge in [0.15, 0.2) is 0 Å². The summed E-state index contributed by atoms with van der Waals surface area (Å²) in [5.41, 5.74) is 0.415. The molecule has 1 amide bonds. The highest BCUT2D eigenvalue weighted by Crippen LogP contribution is 2.21. The molecule has 128 valence electrons. The zero-order chi connectivity index (χ0) is 17.9. The number of nitriles is 1. The number of hydrogen-bond acceptors (Lipinski definition) is 5. The van der Waals surface area contributed by atoms with Crippen molar-refractivity contribution in [3.05, 3.63) is 60.2 Å². The molecule has 2 rings (SSSR count). The molecule has 0 radical (unpaired) electrons. The first kappa shape index (κ1) is 18.0. The van der Waals surface area contributed by atoms with Crippen molar-refractivity contribution in [2.45, 2.75) is 12.8 Å². The maximum atomic E-state index is 12.0. The van der Waals surface area contributed by atoms with Crippen LogP contribution in [0.15, 0.2) is 54.6 Å². The molecule has 0 bridgehead atoms. The molecular weight excluding hydrogens is 320 g/mol. The van der Waals surface area contributed by atoms with Crippen molar-refractivity contribution < 1.29 is 19.1 Å². The molecule has 0 aromatic heterocycles. The predicted molar refractivity (Wildman–Crippen MR) is 91.1 cm³/mol. The zero-order valence-electron chi connectivity index (χ0n) is 13.6. The van der Waals surface area contributed by atoms with Crippen LogP contribution in [0.2, 0.25) is 0 Å². The van der Waals surface area contributed by atoms with Gasteiger partial charge in [-0.15, -0.1) is 0 Å². The molecular formula is C19H18N2O4. The lowest BCUT2D eigenvalue weighted by molar-refractivity contribution is -0.142. The van der Waals surface area contributed by atoms with Gasteiger partial charge in [-0.25, -0.2) is 0 Å². The highest BCUT2D eigenvalue weighted by molar-refractivity contribution is 5.96. The summed E-state index contributed by atoms with van der Waals surface area (Å²) in [6.07, 6.45) is 0.816. The van der Waals surface area contributed by atoms with Crippen molar-refractivity contribution >= 4 is 11.9 Å². The number of carbonyl (C=O) groups is 2. The minimum Gasteiger partial charge on any atom is -0.464 e. The van der Waals surface area contributed by atoms with E-state index in [-0.39, 0.29) is 19.1 Å². The van der Waals surface area contributed by atoms with Crippen LogP contribution >= 0.6 is 0 Å². The van der Waals surface area contributed by atoms with Crippen molar-refractivity contribution in [2.75, 3.05) is 13.2 Å². The molecule has 0 heterocycles. The van der Waals surface area contributed by atoms with Gasteiger partial charge in [-0.05, 0) is 42.8 Å². The van der Waals surface area contributed by atoms with Gasteiger partial charge in [0.1, 0.15) is 18.0 Å². The van der Waals surface area contributed by atoms with Crippen LogP contribution in [0.4, 0.5) is 0 Å². The lowest BCUT2D eigenvalue weighted by Crippen LogP contribution is -2.30. The molecule has 6 heteroatoms. The van der Waals surface area contributed by atoms with Crippen LogP contribution in [-0.2, 0) is 9.53 Å². The van der Waals surface area contributed by atoms with Gasteiger partial charge in [-0.3, -0.25) is 9.59 Å². The Bertz CT molecular complexity index is 736. The SMILES string of the molecule is N#CCCCOC(=O)CNC(=O)c1ccc(Oc2ccccc2)cc1. The Kier molecular flexibility index (Phi) is 7.01. The number of rotatable bonds is 8. The van der Waals surface area contributed by atoms with Gasteiger partial charge < -0.3 is 14.8 Å². The van der Waals surface area contributed by atoms with E-state index in [0.717, 1.165) is 0 Å². The van der Waals surface area contributed by atoms with E-state index >= 15 is 0 Å². The molecule has 2 aromatic carbocycles. The maximum Gasteiger partial charge on any atom is 0.325 e. The molecule has 0 saturated heterocycles. The van der Waals surface area contributed by atoms with E-state index in [9.17, 15) is 9.59 Å². The molecule has 0 spiro atoms. The summed E-state index contributed by atoms with van der Waals surface area (Å²) in [6, 6.07) is 17.9. The van der Waals surface area contributed by atoms with Gasteiger partial charge in [-0.2, -0.15) is 5.26 Å². The Labute approximate surface area is 146 Å². The van der Waals surface area contributed by atoms with Gasteiger partial charge >= 0.3 is 5.97 Å². The number of para-hydroxylation sites is 1. The quantitative estimate of drug-likeness (QED) is 0.590. The molecule has 1 N–H and O–H groups in total. The van der Waals surface area contributed by atoms with Crippen molar-refractivity contribution in [2.24, 2.45) is 0 Å². The number of nitrogens with one attached hydrogen (secondary N) is 1. The Hall–Kier alpha value is -3.33. The zero-order valence-corrected chi connectivity index (χ0v) is 13.6. The second-order valence-corrected chi connectivity index (χ2v) is 5.10. The Morgan fingerprint density at radius 3 is 2.36 bits per heavy atom. The number of ether oxygens (including phenoxy) is 2. The van der Waals surface area contributed by atoms with E-state index in [1.165, 1.54) is 0 Å². The normalized spacial score (nSPS) is 9.72. The third kappa shape index (κ3) is 6.36. The Balaban J connectivity index is 1.78. The summed E-state index contributed by atoms with van der Waals surface area (Å²) in [5, 5.41) is 10.9. The average Bonchev–Trinajstić information content (AvgIpc) is 2.65. The number of esters is 1. The fourth-order valence-corrected chi connectivity index (χ4v) is 1.94. The molecule has 6 nitrogen and oxygen atoms in total. The van der Waals surface area contributed by atoms with Gasteiger partial charge in [-0.1, -0.05) is 18.2 Å². The number of amides is 1. The predicted octanol–water partition coefficient (Wildman–Crippen LogP) is 3.06. The fourth-order valence-electron chi connectivity index (χ4n) is 1.94. The monoisotopic (exact) mass is 338 g/mol. The Morgan fingerprint density at radius 2 is 1.68 bits per heavy atom. The molecule has 2 aromatic rings. The molecule has 25 heavy (non-hydrogen) atoms. The van der Waals surface area contributed by atoms with Crippen LogP contribution in [0.5, 0.6) is 11.5 Å². The summed E-state index contributed by atoms with van der Waals surface area (Å²) >= 11 is 0. The van der Waals surface area contributed by atoms with Crippen LogP contribution in [0.3, 0.4) is 0 Å². The molecule has 0 unspecified atom stereocenters. The summed E-state index contributed by atoms with van der Waals surface area (Å²) in [5.74, 6) is 0.411. The molecule has 0 saturated carbocycles. The van der Waals surface area contributed by atoms with Gasteiger partial charge in [0, 0.05) is 12.0 Å². The number of benzene rings is 2. The highest BCUT2D eigenvalue weighted by atomic mass is 16.5. The summed E-state index contributed by atoms with van der Waals surface area (Å²) in [4.78, 5) is 23.5. The van der Waals surface area contributed by atoms with E-state index < -0.39 is 5.97 Å². The molecule has 0 aliphatic rings.